The quantitative estimate of drug-likeness (QED) is 0.419. The van der Waals surface area contributed by atoms with Crippen molar-refractivity contribution in [2.75, 3.05) is 13.1 Å². The molecule has 4 heteroatoms. The van der Waals surface area contributed by atoms with Crippen molar-refractivity contribution in [1.82, 2.24) is 4.90 Å². The molecule has 2 nitrogen and oxygen atoms in total. The van der Waals surface area contributed by atoms with Gasteiger partial charge in [-0.15, -0.1) is 0 Å². The van der Waals surface area contributed by atoms with Crippen LogP contribution >= 0.6 is 13.6 Å². The SMILES string of the molecule is [CH2-]CCCCC(=O)N(CC)CC.[Zn+][Br]. The Bertz CT molecular complexity index is 129. The molecule has 0 aromatic rings. The van der Waals surface area contributed by atoms with E-state index in [1.165, 1.54) is 16.3 Å². The first kappa shape index (κ1) is 17.0. The Balaban J connectivity index is 0. The predicted molar refractivity (Wildman–Crippen MR) is 60.7 cm³/mol. The molecule has 0 saturated heterocycles. The maximum atomic E-state index is 11.4. The summed E-state index contributed by atoms with van der Waals surface area (Å²) in [6.45, 7) is 9.44. The van der Waals surface area contributed by atoms with E-state index in [9.17, 15) is 4.79 Å². The molecular weight excluding hydrogens is 295 g/mol. The van der Waals surface area contributed by atoms with Gasteiger partial charge in [0.15, 0.2) is 0 Å². The van der Waals surface area contributed by atoms with Crippen LogP contribution in [0.5, 0.6) is 0 Å². The van der Waals surface area contributed by atoms with Gasteiger partial charge < -0.3 is 11.8 Å². The van der Waals surface area contributed by atoms with Gasteiger partial charge in [-0.05, 0) is 20.3 Å². The Morgan fingerprint density at radius 3 is 2.14 bits per heavy atom. The van der Waals surface area contributed by atoms with E-state index in [4.69, 9.17) is 0 Å². The molecule has 0 aliphatic carbocycles. The topological polar surface area (TPSA) is 20.3 Å². The number of nitrogens with zero attached hydrogens (tertiary/aromatic N) is 1. The fraction of sp³-hybridized carbons (Fsp3) is 0.800. The number of hydrogen-bond donors (Lipinski definition) is 0. The molecule has 0 atom stereocenters. The van der Waals surface area contributed by atoms with Gasteiger partial charge in [0.2, 0.25) is 5.91 Å². The van der Waals surface area contributed by atoms with Crippen molar-refractivity contribution < 1.29 is 21.1 Å². The van der Waals surface area contributed by atoms with Gasteiger partial charge in [-0.25, -0.2) is 0 Å². The molecule has 1 amide bonds. The molecule has 0 bridgehead atoms. The first-order valence-corrected chi connectivity index (χ1v) is 12.0. The standard InChI is InChI=1S/C10H20NO.BrH.Zn/c1-4-7-8-9-10(12)11(5-2)6-3;;/h1,4-9H2,2-3H3;1H;/q-1;;+2/p-1. The molecule has 80 valence electrons. The summed E-state index contributed by atoms with van der Waals surface area (Å²) < 4.78 is 0. The van der Waals surface area contributed by atoms with Crippen LogP contribution in [0.1, 0.15) is 39.5 Å². The van der Waals surface area contributed by atoms with Crippen LogP contribution in [0.25, 0.3) is 0 Å². The van der Waals surface area contributed by atoms with E-state index >= 15 is 0 Å². The molecule has 0 aromatic carbocycles. The van der Waals surface area contributed by atoms with Gasteiger partial charge in [-0.1, -0.05) is 6.42 Å². The van der Waals surface area contributed by atoms with Crippen molar-refractivity contribution in [3.63, 3.8) is 0 Å². The van der Waals surface area contributed by atoms with Crippen LogP contribution in [0.4, 0.5) is 0 Å². The molecule has 0 saturated carbocycles. The van der Waals surface area contributed by atoms with Crippen LogP contribution in [-0.4, -0.2) is 23.9 Å². The molecule has 0 unspecified atom stereocenters. The fourth-order valence-electron chi connectivity index (χ4n) is 1.19. The summed E-state index contributed by atoms with van der Waals surface area (Å²) in [4.78, 5) is 13.3. The van der Waals surface area contributed by atoms with E-state index in [1.54, 1.807) is 0 Å². The van der Waals surface area contributed by atoms with Gasteiger partial charge in [0.1, 0.15) is 0 Å². The molecular formula is C10H20BrNOZn. The van der Waals surface area contributed by atoms with E-state index < -0.39 is 0 Å². The zero-order valence-electron chi connectivity index (χ0n) is 9.39. The molecule has 0 aliphatic heterocycles. The number of rotatable bonds is 6. The second kappa shape index (κ2) is 13.6. The summed E-state index contributed by atoms with van der Waals surface area (Å²) in [6.07, 6.45) is 3.68. The summed E-state index contributed by atoms with van der Waals surface area (Å²) in [5, 5.41) is 0. The summed E-state index contributed by atoms with van der Waals surface area (Å²) in [5.41, 5.74) is 0. The minimum absolute atomic E-state index is 0.286. The molecule has 0 spiro atoms. The van der Waals surface area contributed by atoms with Crippen LogP contribution in [-0.2, 0) is 21.1 Å². The molecule has 0 aromatic heterocycles. The van der Waals surface area contributed by atoms with E-state index in [0.29, 0.717) is 6.42 Å². The molecule has 0 N–H and O–H groups in total. The van der Waals surface area contributed by atoms with Crippen LogP contribution in [0.15, 0.2) is 0 Å². The predicted octanol–water partition coefficient (Wildman–Crippen LogP) is 3.09. The van der Waals surface area contributed by atoms with Crippen LogP contribution in [0, 0.1) is 6.92 Å². The average Bonchev–Trinajstić information content (AvgIpc) is 2.23. The van der Waals surface area contributed by atoms with Crippen molar-refractivity contribution >= 4 is 19.5 Å². The van der Waals surface area contributed by atoms with E-state index in [1.807, 2.05) is 18.7 Å². The molecule has 14 heavy (non-hydrogen) atoms. The number of carbonyl (C=O) groups is 1. The number of amides is 1. The van der Waals surface area contributed by atoms with Crippen molar-refractivity contribution in [2.24, 2.45) is 0 Å². The van der Waals surface area contributed by atoms with Crippen molar-refractivity contribution in [2.45, 2.75) is 39.5 Å². The molecule has 0 rings (SSSR count). The van der Waals surface area contributed by atoms with Crippen molar-refractivity contribution in [3.05, 3.63) is 6.92 Å². The fourth-order valence-corrected chi connectivity index (χ4v) is 1.19. The average molecular weight is 316 g/mol. The van der Waals surface area contributed by atoms with Gasteiger partial charge in [-0.3, -0.25) is 4.79 Å². The monoisotopic (exact) mass is 313 g/mol. The zero-order valence-corrected chi connectivity index (χ0v) is 13.9. The number of hydrogen-bond acceptors (Lipinski definition) is 1. The third-order valence-corrected chi connectivity index (χ3v) is 2.01. The third-order valence-electron chi connectivity index (χ3n) is 2.01. The third kappa shape index (κ3) is 9.14. The van der Waals surface area contributed by atoms with Gasteiger partial charge >= 0.3 is 30.0 Å². The van der Waals surface area contributed by atoms with Gasteiger partial charge in [0.05, 0.1) is 0 Å². The normalized spacial score (nSPS) is 9.00. The van der Waals surface area contributed by atoms with Crippen molar-refractivity contribution in [3.8, 4) is 0 Å². The first-order valence-electron chi connectivity index (χ1n) is 5.10. The Hall–Kier alpha value is 0.573. The van der Waals surface area contributed by atoms with E-state index in [2.05, 4.69) is 20.5 Å². The Morgan fingerprint density at radius 2 is 1.79 bits per heavy atom. The van der Waals surface area contributed by atoms with Crippen LogP contribution in [0.3, 0.4) is 0 Å². The van der Waals surface area contributed by atoms with Gasteiger partial charge in [0, 0.05) is 19.5 Å². The maximum absolute atomic E-state index is 11.4. The number of carbonyl (C=O) groups excluding carboxylic acids is 1. The van der Waals surface area contributed by atoms with Crippen molar-refractivity contribution in [1.29, 1.82) is 0 Å². The molecule has 0 aliphatic rings. The van der Waals surface area contributed by atoms with Crippen LogP contribution in [0.2, 0.25) is 0 Å². The Labute approximate surface area is 105 Å². The van der Waals surface area contributed by atoms with E-state index in [-0.39, 0.29) is 5.91 Å². The van der Waals surface area contributed by atoms with Gasteiger partial charge in [0.25, 0.3) is 0 Å². The summed E-state index contributed by atoms with van der Waals surface area (Å²) >= 11 is 4.25. The second-order valence-corrected chi connectivity index (χ2v) is 2.88. The summed E-state index contributed by atoms with van der Waals surface area (Å²) in [6, 6.07) is 0. The minimum atomic E-state index is 0.286. The number of unbranched alkanes of at least 4 members (excludes halogenated alkanes) is 2. The summed E-state index contributed by atoms with van der Waals surface area (Å²) in [7, 11) is 0. The first-order chi connectivity index (χ1) is 6.76. The molecule has 0 fully saturated rings. The van der Waals surface area contributed by atoms with E-state index in [0.717, 1.165) is 32.4 Å². The summed E-state index contributed by atoms with van der Waals surface area (Å²) in [5.74, 6) is 0.286. The molecule has 0 heterocycles. The Morgan fingerprint density at radius 1 is 1.29 bits per heavy atom. The molecule has 0 radical (unpaired) electrons. The van der Waals surface area contributed by atoms with Gasteiger partial charge in [-0.2, -0.15) is 6.42 Å². The Kier molecular flexibility index (Phi) is 16.5. The second-order valence-electron chi connectivity index (χ2n) is 2.88. The zero-order chi connectivity index (χ0) is 11.4. The number of halogens is 1. The van der Waals surface area contributed by atoms with Crippen LogP contribution < -0.4 is 0 Å².